The molecule has 4 nitrogen and oxygen atoms in total. The first-order valence-corrected chi connectivity index (χ1v) is 7.28. The molecule has 3 aliphatic rings. The molecule has 0 aromatic carbocycles. The van der Waals surface area contributed by atoms with Gasteiger partial charge in [-0.25, -0.2) is 0 Å². The second-order valence-corrected chi connectivity index (χ2v) is 6.43. The van der Waals surface area contributed by atoms with Crippen LogP contribution in [0.2, 0.25) is 0 Å². The number of hydrogen-bond donors (Lipinski definition) is 1. The minimum absolute atomic E-state index is 0.175. The fourth-order valence-corrected chi connectivity index (χ4v) is 3.63. The van der Waals surface area contributed by atoms with Crippen molar-refractivity contribution in [2.24, 2.45) is 0 Å². The molecule has 3 rings (SSSR count). The van der Waals surface area contributed by atoms with Crippen LogP contribution in [0.5, 0.6) is 0 Å². The SMILES string of the molecule is CN1CC(CC#N)(N2CCC(NC3CC3)CC2)C1. The molecule has 1 aliphatic carbocycles. The topological polar surface area (TPSA) is 42.3 Å². The van der Waals surface area contributed by atoms with Crippen molar-refractivity contribution in [3.63, 3.8) is 0 Å². The molecule has 1 saturated carbocycles. The van der Waals surface area contributed by atoms with Crippen molar-refractivity contribution in [3.8, 4) is 6.07 Å². The fourth-order valence-electron chi connectivity index (χ4n) is 3.63. The first-order chi connectivity index (χ1) is 8.72. The molecule has 2 heterocycles. The van der Waals surface area contributed by atoms with Crippen molar-refractivity contribution in [2.45, 2.75) is 49.7 Å². The lowest BCUT2D eigenvalue weighted by molar-refractivity contribution is -0.0514. The summed E-state index contributed by atoms with van der Waals surface area (Å²) in [5.74, 6) is 0. The predicted molar refractivity (Wildman–Crippen MR) is 71.2 cm³/mol. The molecule has 2 saturated heterocycles. The Morgan fingerprint density at radius 2 is 1.78 bits per heavy atom. The van der Waals surface area contributed by atoms with Gasteiger partial charge in [-0.15, -0.1) is 0 Å². The zero-order chi connectivity index (χ0) is 12.6. The normalized spacial score (nSPS) is 29.8. The number of likely N-dealkylation sites (tertiary alicyclic amines) is 2. The van der Waals surface area contributed by atoms with E-state index in [1.165, 1.54) is 38.8 Å². The van der Waals surface area contributed by atoms with Crippen molar-refractivity contribution in [3.05, 3.63) is 0 Å². The van der Waals surface area contributed by atoms with E-state index >= 15 is 0 Å². The highest BCUT2D eigenvalue weighted by molar-refractivity contribution is 5.08. The largest absolute Gasteiger partial charge is 0.311 e. The molecule has 2 aliphatic heterocycles. The molecule has 0 unspecified atom stereocenters. The second-order valence-electron chi connectivity index (χ2n) is 6.43. The molecule has 0 atom stereocenters. The summed E-state index contributed by atoms with van der Waals surface area (Å²) in [4.78, 5) is 4.91. The maximum Gasteiger partial charge on any atom is 0.0642 e. The van der Waals surface area contributed by atoms with Crippen LogP contribution >= 0.6 is 0 Å². The molecule has 18 heavy (non-hydrogen) atoms. The molecule has 0 amide bonds. The van der Waals surface area contributed by atoms with E-state index in [9.17, 15) is 0 Å². The summed E-state index contributed by atoms with van der Waals surface area (Å²) >= 11 is 0. The molecule has 0 bridgehead atoms. The van der Waals surface area contributed by atoms with Crippen molar-refractivity contribution >= 4 is 0 Å². The van der Waals surface area contributed by atoms with E-state index in [1.54, 1.807) is 0 Å². The number of nitrogens with zero attached hydrogens (tertiary/aromatic N) is 3. The average Bonchev–Trinajstić information content (AvgIpc) is 3.12. The van der Waals surface area contributed by atoms with Crippen molar-refractivity contribution in [1.29, 1.82) is 5.26 Å². The van der Waals surface area contributed by atoms with Crippen LogP contribution in [0, 0.1) is 11.3 Å². The maximum atomic E-state index is 9.06. The summed E-state index contributed by atoms with van der Waals surface area (Å²) in [6.07, 6.45) is 5.96. The molecular weight excluding hydrogens is 224 g/mol. The van der Waals surface area contributed by atoms with Gasteiger partial charge in [0, 0.05) is 38.3 Å². The zero-order valence-corrected chi connectivity index (χ0v) is 11.4. The standard InChI is InChI=1S/C14H24N4/c1-17-10-14(11-17,6-7-15)18-8-4-13(5-9-18)16-12-2-3-12/h12-13,16H,2-6,8-11H2,1H3. The third-order valence-electron chi connectivity index (χ3n) is 4.75. The molecule has 100 valence electrons. The quantitative estimate of drug-likeness (QED) is 0.799. The van der Waals surface area contributed by atoms with E-state index in [0.29, 0.717) is 6.42 Å². The first kappa shape index (κ1) is 12.4. The van der Waals surface area contributed by atoms with E-state index < -0.39 is 0 Å². The molecule has 0 spiro atoms. The molecule has 1 N–H and O–H groups in total. The monoisotopic (exact) mass is 248 g/mol. The highest BCUT2D eigenvalue weighted by atomic mass is 15.3. The van der Waals surface area contributed by atoms with Crippen LogP contribution in [-0.2, 0) is 0 Å². The van der Waals surface area contributed by atoms with E-state index in [2.05, 4.69) is 28.2 Å². The summed E-state index contributed by atoms with van der Waals surface area (Å²) in [6, 6.07) is 3.95. The van der Waals surface area contributed by atoms with Gasteiger partial charge in [-0.2, -0.15) is 5.26 Å². The van der Waals surface area contributed by atoms with Crippen LogP contribution in [0.25, 0.3) is 0 Å². The number of hydrogen-bond acceptors (Lipinski definition) is 4. The zero-order valence-electron chi connectivity index (χ0n) is 11.4. The van der Waals surface area contributed by atoms with E-state index in [1.807, 2.05) is 0 Å². The minimum atomic E-state index is 0.175. The number of likely N-dealkylation sites (N-methyl/N-ethyl adjacent to an activating group) is 1. The number of rotatable bonds is 4. The van der Waals surface area contributed by atoms with E-state index in [-0.39, 0.29) is 5.54 Å². The Kier molecular flexibility index (Phi) is 3.31. The van der Waals surface area contributed by atoms with Crippen molar-refractivity contribution < 1.29 is 0 Å². The summed E-state index contributed by atoms with van der Waals surface area (Å²) in [7, 11) is 2.15. The molecular formula is C14H24N4. The molecule has 0 aromatic heterocycles. The fraction of sp³-hybridized carbons (Fsp3) is 0.929. The summed E-state index contributed by atoms with van der Waals surface area (Å²) in [6.45, 7) is 4.47. The molecule has 4 heteroatoms. The minimum Gasteiger partial charge on any atom is -0.311 e. The van der Waals surface area contributed by atoms with E-state index in [4.69, 9.17) is 5.26 Å². The third kappa shape index (κ3) is 2.40. The van der Waals surface area contributed by atoms with E-state index in [0.717, 1.165) is 25.2 Å². The molecule has 3 fully saturated rings. The molecule has 0 aromatic rings. The van der Waals surface area contributed by atoms with Crippen LogP contribution < -0.4 is 5.32 Å². The van der Waals surface area contributed by atoms with Gasteiger partial charge in [0.2, 0.25) is 0 Å². The average molecular weight is 248 g/mol. The Morgan fingerprint density at radius 1 is 1.17 bits per heavy atom. The Labute approximate surface area is 110 Å². The second kappa shape index (κ2) is 4.80. The van der Waals surface area contributed by atoms with Crippen LogP contribution in [0.4, 0.5) is 0 Å². The highest BCUT2D eigenvalue weighted by Gasteiger charge is 2.46. The number of nitrogens with one attached hydrogen (secondary N) is 1. The van der Waals surface area contributed by atoms with Crippen LogP contribution in [0.3, 0.4) is 0 Å². The van der Waals surface area contributed by atoms with Gasteiger partial charge in [0.25, 0.3) is 0 Å². The van der Waals surface area contributed by atoms with Crippen LogP contribution in [-0.4, -0.2) is 60.6 Å². The van der Waals surface area contributed by atoms with Gasteiger partial charge in [-0.05, 0) is 32.7 Å². The molecule has 0 radical (unpaired) electrons. The Balaban J connectivity index is 1.52. The lowest BCUT2D eigenvalue weighted by Gasteiger charge is -2.55. The van der Waals surface area contributed by atoms with Gasteiger partial charge in [0.15, 0.2) is 0 Å². The summed E-state index contributed by atoms with van der Waals surface area (Å²) in [5.41, 5.74) is 0.175. The lowest BCUT2D eigenvalue weighted by atomic mass is 9.83. The van der Waals surface area contributed by atoms with Gasteiger partial charge in [-0.3, -0.25) is 4.90 Å². The third-order valence-corrected chi connectivity index (χ3v) is 4.75. The smallest absolute Gasteiger partial charge is 0.0642 e. The van der Waals surface area contributed by atoms with Gasteiger partial charge in [0.05, 0.1) is 18.0 Å². The van der Waals surface area contributed by atoms with Gasteiger partial charge in [-0.1, -0.05) is 0 Å². The van der Waals surface area contributed by atoms with Gasteiger partial charge in [0.1, 0.15) is 0 Å². The van der Waals surface area contributed by atoms with Gasteiger partial charge < -0.3 is 10.2 Å². The predicted octanol–water partition coefficient (Wildman–Crippen LogP) is 0.801. The highest BCUT2D eigenvalue weighted by Crippen LogP contribution is 2.33. The lowest BCUT2D eigenvalue weighted by Crippen LogP contribution is -2.70. The van der Waals surface area contributed by atoms with Crippen molar-refractivity contribution in [2.75, 3.05) is 33.2 Å². The number of piperidine rings is 1. The summed E-state index contributed by atoms with van der Waals surface area (Å²) < 4.78 is 0. The van der Waals surface area contributed by atoms with Crippen LogP contribution in [0.15, 0.2) is 0 Å². The number of nitriles is 1. The maximum absolute atomic E-state index is 9.06. The van der Waals surface area contributed by atoms with Gasteiger partial charge >= 0.3 is 0 Å². The summed E-state index contributed by atoms with van der Waals surface area (Å²) in [5, 5.41) is 12.8. The first-order valence-electron chi connectivity index (χ1n) is 7.28. The Hall–Kier alpha value is -0.630. The van der Waals surface area contributed by atoms with Crippen LogP contribution in [0.1, 0.15) is 32.1 Å². The van der Waals surface area contributed by atoms with Crippen molar-refractivity contribution in [1.82, 2.24) is 15.1 Å². The Morgan fingerprint density at radius 3 is 2.28 bits per heavy atom. The Bertz CT molecular complexity index is 330.